The summed E-state index contributed by atoms with van der Waals surface area (Å²) in [5, 5.41) is 13.8. The molecule has 132 valence electrons. The highest BCUT2D eigenvalue weighted by Crippen LogP contribution is 2.39. The number of aliphatic hydroxyl groups excluding tert-OH is 1. The Morgan fingerprint density at radius 2 is 2.04 bits per heavy atom. The molecule has 0 spiro atoms. The number of carbonyl (C=O) groups is 1. The van der Waals surface area contributed by atoms with Crippen molar-refractivity contribution in [1.82, 2.24) is 15.0 Å². The third-order valence-electron chi connectivity index (χ3n) is 5.22. The normalized spacial score (nSPS) is 23.2. The Bertz CT molecular complexity index is 727. The molecule has 25 heavy (non-hydrogen) atoms. The quantitative estimate of drug-likeness (QED) is 0.870. The maximum absolute atomic E-state index is 12.6. The Morgan fingerprint density at radius 1 is 1.24 bits per heavy atom. The van der Waals surface area contributed by atoms with Crippen LogP contribution in [0.5, 0.6) is 0 Å². The average molecular weight is 341 g/mol. The van der Waals surface area contributed by atoms with Gasteiger partial charge in [-0.15, -0.1) is 0 Å². The summed E-state index contributed by atoms with van der Waals surface area (Å²) in [5.41, 5.74) is 1.16. The molecule has 1 aromatic carbocycles. The van der Waals surface area contributed by atoms with Gasteiger partial charge in [-0.25, -0.2) is 0 Å². The zero-order chi connectivity index (χ0) is 17.2. The van der Waals surface area contributed by atoms with Crippen molar-refractivity contribution >= 4 is 5.91 Å². The Balaban J connectivity index is 1.38. The number of benzene rings is 1. The number of nitrogens with zero attached hydrogens (tertiary/aromatic N) is 3. The van der Waals surface area contributed by atoms with E-state index in [9.17, 15) is 9.90 Å². The van der Waals surface area contributed by atoms with E-state index in [0.29, 0.717) is 31.3 Å². The van der Waals surface area contributed by atoms with E-state index in [2.05, 4.69) is 10.1 Å². The van der Waals surface area contributed by atoms with Crippen LogP contribution in [0.15, 0.2) is 34.9 Å². The van der Waals surface area contributed by atoms with Gasteiger partial charge in [0, 0.05) is 38.0 Å². The fourth-order valence-electron chi connectivity index (χ4n) is 3.50. The molecule has 2 aliphatic rings. The molecule has 2 fully saturated rings. The molecule has 6 nitrogen and oxygen atoms in total. The molecule has 1 amide bonds. The van der Waals surface area contributed by atoms with Crippen LogP contribution in [0.4, 0.5) is 0 Å². The third kappa shape index (κ3) is 3.58. The van der Waals surface area contributed by atoms with Crippen LogP contribution in [0.2, 0.25) is 0 Å². The van der Waals surface area contributed by atoms with Gasteiger partial charge in [0.15, 0.2) is 5.82 Å². The van der Waals surface area contributed by atoms with E-state index in [1.54, 1.807) is 0 Å². The maximum atomic E-state index is 12.6. The standard InChI is InChI=1S/C19H23N3O3/c23-12-15-10-22(17(24)9-6-13-4-2-1-3-5-13)11-16(15)19-20-18(21-25-19)14-7-8-14/h1-5,14-16,23H,6-12H2/t15-,16+/m0/s1. The number of carbonyl (C=O) groups excluding carboxylic acids is 1. The summed E-state index contributed by atoms with van der Waals surface area (Å²) in [7, 11) is 0. The lowest BCUT2D eigenvalue weighted by molar-refractivity contribution is -0.130. The van der Waals surface area contributed by atoms with Crippen molar-refractivity contribution in [1.29, 1.82) is 0 Å². The molecule has 1 saturated heterocycles. The first-order chi connectivity index (χ1) is 12.2. The van der Waals surface area contributed by atoms with Crippen LogP contribution in [0.1, 0.15) is 48.4 Å². The second kappa shape index (κ2) is 6.96. The molecule has 2 heterocycles. The molecule has 6 heteroatoms. The SMILES string of the molecule is O=C(CCc1ccccc1)N1C[C@@H](CO)[C@H](c2nc(C3CC3)no2)C1. The largest absolute Gasteiger partial charge is 0.396 e. The lowest BCUT2D eigenvalue weighted by Gasteiger charge is -2.16. The molecule has 1 aromatic heterocycles. The molecular weight excluding hydrogens is 318 g/mol. The Hall–Kier alpha value is -2.21. The monoisotopic (exact) mass is 341 g/mol. The van der Waals surface area contributed by atoms with E-state index in [1.807, 2.05) is 35.2 Å². The third-order valence-corrected chi connectivity index (χ3v) is 5.22. The predicted molar refractivity (Wildman–Crippen MR) is 90.9 cm³/mol. The topological polar surface area (TPSA) is 79.5 Å². The highest BCUT2D eigenvalue weighted by Gasteiger charge is 2.40. The second-order valence-electron chi connectivity index (χ2n) is 7.10. The van der Waals surface area contributed by atoms with Crippen LogP contribution in [-0.2, 0) is 11.2 Å². The van der Waals surface area contributed by atoms with Crippen LogP contribution in [0.25, 0.3) is 0 Å². The van der Waals surface area contributed by atoms with Gasteiger partial charge in [-0.3, -0.25) is 4.79 Å². The summed E-state index contributed by atoms with van der Waals surface area (Å²) < 4.78 is 5.43. The zero-order valence-corrected chi connectivity index (χ0v) is 14.2. The van der Waals surface area contributed by atoms with E-state index in [-0.39, 0.29) is 24.3 Å². The molecule has 1 saturated carbocycles. The first kappa shape index (κ1) is 16.3. The molecule has 1 aliphatic heterocycles. The summed E-state index contributed by atoms with van der Waals surface area (Å²) in [6.45, 7) is 1.12. The Labute approximate surface area is 146 Å². The van der Waals surface area contributed by atoms with Gasteiger partial charge < -0.3 is 14.5 Å². The predicted octanol–water partition coefficient (Wildman–Crippen LogP) is 2.11. The number of aryl methyl sites for hydroxylation is 1. The van der Waals surface area contributed by atoms with Crippen LogP contribution in [0, 0.1) is 5.92 Å². The second-order valence-corrected chi connectivity index (χ2v) is 7.10. The minimum Gasteiger partial charge on any atom is -0.396 e. The van der Waals surface area contributed by atoms with E-state index >= 15 is 0 Å². The minimum atomic E-state index is -0.0642. The molecule has 2 atom stereocenters. The molecule has 0 unspecified atom stereocenters. The van der Waals surface area contributed by atoms with Crippen LogP contribution >= 0.6 is 0 Å². The fraction of sp³-hybridized carbons (Fsp3) is 0.526. The highest BCUT2D eigenvalue weighted by molar-refractivity contribution is 5.77. The smallest absolute Gasteiger partial charge is 0.231 e. The van der Waals surface area contributed by atoms with Crippen LogP contribution in [0.3, 0.4) is 0 Å². The summed E-state index contributed by atoms with van der Waals surface area (Å²) >= 11 is 0. The lowest BCUT2D eigenvalue weighted by atomic mass is 9.97. The molecule has 2 aromatic rings. The van der Waals surface area contributed by atoms with Crippen molar-refractivity contribution in [3.05, 3.63) is 47.6 Å². The summed E-state index contributed by atoms with van der Waals surface area (Å²) in [6.07, 6.45) is 3.46. The van der Waals surface area contributed by atoms with E-state index < -0.39 is 0 Å². The summed E-state index contributed by atoms with van der Waals surface area (Å²) in [4.78, 5) is 18.9. The van der Waals surface area contributed by atoms with Crippen molar-refractivity contribution in [3.63, 3.8) is 0 Å². The van der Waals surface area contributed by atoms with Crippen molar-refractivity contribution in [3.8, 4) is 0 Å². The van der Waals surface area contributed by atoms with Crippen molar-refractivity contribution in [2.45, 2.75) is 37.5 Å². The molecule has 0 radical (unpaired) electrons. The van der Waals surface area contributed by atoms with Gasteiger partial charge >= 0.3 is 0 Å². The van der Waals surface area contributed by atoms with Crippen molar-refractivity contribution in [2.75, 3.05) is 19.7 Å². The van der Waals surface area contributed by atoms with E-state index in [4.69, 9.17) is 4.52 Å². The van der Waals surface area contributed by atoms with Crippen LogP contribution in [-0.4, -0.2) is 45.8 Å². The van der Waals surface area contributed by atoms with E-state index in [1.165, 1.54) is 0 Å². The molecule has 4 rings (SSSR count). The van der Waals surface area contributed by atoms with Crippen molar-refractivity contribution < 1.29 is 14.4 Å². The Morgan fingerprint density at radius 3 is 2.76 bits per heavy atom. The number of likely N-dealkylation sites (tertiary alicyclic amines) is 1. The number of hydrogen-bond acceptors (Lipinski definition) is 5. The highest BCUT2D eigenvalue weighted by atomic mass is 16.5. The van der Waals surface area contributed by atoms with Gasteiger partial charge in [0.1, 0.15) is 0 Å². The van der Waals surface area contributed by atoms with Gasteiger partial charge in [-0.2, -0.15) is 4.98 Å². The first-order valence-corrected chi connectivity index (χ1v) is 9.00. The van der Waals surface area contributed by atoms with Crippen LogP contribution < -0.4 is 0 Å². The lowest BCUT2D eigenvalue weighted by Crippen LogP contribution is -2.29. The molecular formula is C19H23N3O3. The zero-order valence-electron chi connectivity index (χ0n) is 14.2. The fourth-order valence-corrected chi connectivity index (χ4v) is 3.50. The number of rotatable bonds is 6. The van der Waals surface area contributed by atoms with Crippen molar-refractivity contribution in [2.24, 2.45) is 5.92 Å². The van der Waals surface area contributed by atoms with E-state index in [0.717, 1.165) is 30.7 Å². The average Bonchev–Trinajstić information content (AvgIpc) is 3.22. The van der Waals surface area contributed by atoms with Gasteiger partial charge in [0.2, 0.25) is 11.8 Å². The maximum Gasteiger partial charge on any atom is 0.231 e. The van der Waals surface area contributed by atoms with Gasteiger partial charge in [-0.05, 0) is 24.8 Å². The van der Waals surface area contributed by atoms with Gasteiger partial charge in [0.05, 0.1) is 5.92 Å². The summed E-state index contributed by atoms with van der Waals surface area (Å²) in [5.74, 6) is 1.81. The molecule has 1 aliphatic carbocycles. The molecule has 1 N–H and O–H groups in total. The minimum absolute atomic E-state index is 0.0221. The Kier molecular flexibility index (Phi) is 4.53. The van der Waals surface area contributed by atoms with Gasteiger partial charge in [-0.1, -0.05) is 35.5 Å². The number of amides is 1. The number of hydrogen-bond donors (Lipinski definition) is 1. The summed E-state index contributed by atoms with van der Waals surface area (Å²) in [6, 6.07) is 10.0. The van der Waals surface area contributed by atoms with Gasteiger partial charge in [0.25, 0.3) is 0 Å². The molecule has 0 bridgehead atoms. The number of aliphatic hydroxyl groups is 1. The first-order valence-electron chi connectivity index (χ1n) is 9.00. The number of aromatic nitrogens is 2.